The van der Waals surface area contributed by atoms with Crippen molar-refractivity contribution in [3.05, 3.63) is 89.5 Å². The van der Waals surface area contributed by atoms with E-state index in [2.05, 4.69) is 36.2 Å². The molecule has 0 fully saturated rings. The van der Waals surface area contributed by atoms with E-state index in [9.17, 15) is 9.59 Å². The van der Waals surface area contributed by atoms with Crippen molar-refractivity contribution in [2.24, 2.45) is 0 Å². The van der Waals surface area contributed by atoms with E-state index >= 15 is 0 Å². The molecule has 4 rings (SSSR count). The largest absolute Gasteiger partial charge is 0.342 e. The molecule has 1 atom stereocenters. The van der Waals surface area contributed by atoms with Gasteiger partial charge >= 0.3 is 0 Å². The van der Waals surface area contributed by atoms with Gasteiger partial charge in [0.1, 0.15) is 6.04 Å². The summed E-state index contributed by atoms with van der Waals surface area (Å²) in [7, 11) is 0. The van der Waals surface area contributed by atoms with Gasteiger partial charge in [-0.1, -0.05) is 47.5 Å². The number of rotatable bonds is 9. The number of aryl methyl sites for hydroxylation is 2. The van der Waals surface area contributed by atoms with Crippen LogP contribution in [-0.2, 0) is 4.79 Å². The van der Waals surface area contributed by atoms with Crippen LogP contribution in [-0.4, -0.2) is 32.7 Å². The molecular formula is C28H29N7O2. The van der Waals surface area contributed by atoms with Gasteiger partial charge in [-0.3, -0.25) is 9.59 Å². The number of hydrogen-bond donors (Lipinski definition) is 4. The maximum atomic E-state index is 12.9. The van der Waals surface area contributed by atoms with Crippen molar-refractivity contribution in [1.82, 2.24) is 15.0 Å². The van der Waals surface area contributed by atoms with Crippen LogP contribution < -0.4 is 21.3 Å². The third-order valence-corrected chi connectivity index (χ3v) is 5.53. The molecule has 9 heteroatoms. The summed E-state index contributed by atoms with van der Waals surface area (Å²) in [5, 5.41) is 12.3. The van der Waals surface area contributed by atoms with Crippen molar-refractivity contribution in [2.75, 3.05) is 21.3 Å². The van der Waals surface area contributed by atoms with Crippen molar-refractivity contribution in [2.45, 2.75) is 33.7 Å². The van der Waals surface area contributed by atoms with Gasteiger partial charge in [0.25, 0.3) is 0 Å². The fourth-order valence-corrected chi connectivity index (χ4v) is 3.41. The minimum absolute atomic E-state index is 0.0744. The van der Waals surface area contributed by atoms with E-state index in [1.165, 1.54) is 6.92 Å². The van der Waals surface area contributed by atoms with Gasteiger partial charge in [-0.15, -0.1) is 0 Å². The number of carbonyl (C=O) groups is 2. The first-order valence-corrected chi connectivity index (χ1v) is 11.9. The van der Waals surface area contributed by atoms with Crippen LogP contribution in [0.3, 0.4) is 0 Å². The first-order valence-electron chi connectivity index (χ1n) is 11.9. The first kappa shape index (κ1) is 25.3. The van der Waals surface area contributed by atoms with Gasteiger partial charge < -0.3 is 21.3 Å². The number of amides is 1. The Bertz CT molecular complexity index is 1340. The Hall–Kier alpha value is -4.79. The number of nitrogens with zero attached hydrogens (tertiary/aromatic N) is 3. The maximum absolute atomic E-state index is 12.9. The van der Waals surface area contributed by atoms with Crippen LogP contribution in [0.25, 0.3) is 0 Å². The second-order valence-electron chi connectivity index (χ2n) is 8.78. The van der Waals surface area contributed by atoms with E-state index in [1.54, 1.807) is 31.2 Å². The number of ketones is 1. The van der Waals surface area contributed by atoms with Gasteiger partial charge in [0.2, 0.25) is 23.8 Å². The van der Waals surface area contributed by atoms with Crippen molar-refractivity contribution in [3.63, 3.8) is 0 Å². The van der Waals surface area contributed by atoms with Crippen molar-refractivity contribution in [1.29, 1.82) is 0 Å². The average Bonchev–Trinajstić information content (AvgIpc) is 2.87. The molecule has 0 radical (unpaired) electrons. The maximum Gasteiger partial charge on any atom is 0.246 e. The topological polar surface area (TPSA) is 121 Å². The number of hydrogen-bond acceptors (Lipinski definition) is 8. The minimum atomic E-state index is -0.678. The van der Waals surface area contributed by atoms with Gasteiger partial charge in [-0.2, -0.15) is 15.0 Å². The fourth-order valence-electron chi connectivity index (χ4n) is 3.41. The first-order chi connectivity index (χ1) is 17.7. The van der Waals surface area contributed by atoms with Crippen molar-refractivity contribution >= 4 is 46.6 Å². The lowest BCUT2D eigenvalue weighted by molar-refractivity contribution is -0.116. The zero-order chi connectivity index (χ0) is 26.4. The number of Topliss-reactive ketones (excluding diaryl/α,β-unsaturated/α-hetero) is 1. The van der Waals surface area contributed by atoms with Gasteiger partial charge in [-0.05, 0) is 64.1 Å². The summed E-state index contributed by atoms with van der Waals surface area (Å²) in [5.74, 6) is 0.478. The highest BCUT2D eigenvalue weighted by atomic mass is 16.2. The monoisotopic (exact) mass is 495 g/mol. The molecule has 1 heterocycles. The molecule has 1 aromatic heterocycles. The number of nitrogens with one attached hydrogen (secondary N) is 4. The summed E-state index contributed by atoms with van der Waals surface area (Å²) in [5.41, 5.74) is 4.97. The second-order valence-corrected chi connectivity index (χ2v) is 8.78. The lowest BCUT2D eigenvalue weighted by Crippen LogP contribution is -2.32. The summed E-state index contributed by atoms with van der Waals surface area (Å²) < 4.78 is 0. The smallest absolute Gasteiger partial charge is 0.246 e. The zero-order valence-electron chi connectivity index (χ0n) is 21.2. The number of carbonyl (C=O) groups excluding carboxylic acids is 2. The van der Waals surface area contributed by atoms with Crippen molar-refractivity contribution < 1.29 is 9.59 Å². The summed E-state index contributed by atoms with van der Waals surface area (Å²) in [4.78, 5) is 37.9. The summed E-state index contributed by atoms with van der Waals surface area (Å²) in [6.07, 6.45) is 0. The molecule has 3 aromatic carbocycles. The Morgan fingerprint density at radius 3 is 1.73 bits per heavy atom. The Kier molecular flexibility index (Phi) is 7.73. The molecule has 0 aliphatic rings. The molecule has 0 unspecified atom stereocenters. The Morgan fingerprint density at radius 1 is 0.703 bits per heavy atom. The predicted octanol–water partition coefficient (Wildman–Crippen LogP) is 5.62. The van der Waals surface area contributed by atoms with Gasteiger partial charge in [-0.25, -0.2) is 0 Å². The molecule has 0 saturated heterocycles. The third-order valence-electron chi connectivity index (χ3n) is 5.53. The lowest BCUT2D eigenvalue weighted by Gasteiger charge is -2.16. The number of anilines is 6. The van der Waals surface area contributed by atoms with E-state index in [1.807, 2.05) is 62.4 Å². The van der Waals surface area contributed by atoms with Crippen LogP contribution in [0, 0.1) is 13.8 Å². The lowest BCUT2D eigenvalue weighted by atomic mass is 10.1. The predicted molar refractivity (Wildman–Crippen MR) is 147 cm³/mol. The molecule has 0 bridgehead atoms. The molecule has 4 N–H and O–H groups in total. The zero-order valence-corrected chi connectivity index (χ0v) is 21.2. The summed E-state index contributed by atoms with van der Waals surface area (Å²) in [6.45, 7) is 7.22. The van der Waals surface area contributed by atoms with Gasteiger partial charge in [0, 0.05) is 22.6 Å². The van der Waals surface area contributed by atoms with Crippen LogP contribution in [0.5, 0.6) is 0 Å². The summed E-state index contributed by atoms with van der Waals surface area (Å²) >= 11 is 0. The van der Waals surface area contributed by atoms with Crippen LogP contribution in [0.4, 0.5) is 34.9 Å². The molecular weight excluding hydrogens is 466 g/mol. The van der Waals surface area contributed by atoms with Gasteiger partial charge in [0.05, 0.1) is 0 Å². The molecule has 188 valence electrons. The SMILES string of the molecule is CC(=O)c1cccc(NC(=O)[C@@H](C)Nc2nc(Nc3ccc(C)cc3)nc(Nc3ccc(C)cc3)n2)c1. The van der Waals surface area contributed by atoms with Gasteiger partial charge in [0.15, 0.2) is 5.78 Å². The Labute approximate surface area is 215 Å². The molecule has 4 aromatic rings. The van der Waals surface area contributed by atoms with E-state index in [0.29, 0.717) is 23.1 Å². The van der Waals surface area contributed by atoms with E-state index in [0.717, 1.165) is 22.5 Å². The van der Waals surface area contributed by atoms with Crippen molar-refractivity contribution in [3.8, 4) is 0 Å². The fraction of sp³-hybridized carbons (Fsp3) is 0.179. The van der Waals surface area contributed by atoms with Crippen LogP contribution in [0.1, 0.15) is 35.3 Å². The molecule has 0 spiro atoms. The molecule has 37 heavy (non-hydrogen) atoms. The van der Waals surface area contributed by atoms with Crippen LogP contribution >= 0.6 is 0 Å². The quantitative estimate of drug-likeness (QED) is 0.221. The minimum Gasteiger partial charge on any atom is -0.342 e. The standard InChI is InChI=1S/C28H29N7O2/c1-17-8-12-22(13-9-17)31-27-33-26(34-28(35-27)32-23-14-10-18(2)11-15-23)29-19(3)25(37)30-24-7-5-6-21(16-24)20(4)36/h5-16,19H,1-4H3,(H,30,37)(H3,29,31,32,33,34,35)/t19-/m1/s1. The highest BCUT2D eigenvalue weighted by Gasteiger charge is 2.17. The highest BCUT2D eigenvalue weighted by molar-refractivity contribution is 5.99. The number of benzene rings is 3. The Morgan fingerprint density at radius 2 is 1.22 bits per heavy atom. The van der Waals surface area contributed by atoms with E-state index in [-0.39, 0.29) is 17.6 Å². The normalized spacial score (nSPS) is 11.4. The molecule has 0 aliphatic carbocycles. The third kappa shape index (κ3) is 7.11. The average molecular weight is 496 g/mol. The summed E-state index contributed by atoms with van der Waals surface area (Å²) in [6, 6.07) is 21.8. The molecule has 9 nitrogen and oxygen atoms in total. The van der Waals surface area contributed by atoms with E-state index < -0.39 is 6.04 Å². The number of aromatic nitrogens is 3. The highest BCUT2D eigenvalue weighted by Crippen LogP contribution is 2.20. The molecule has 0 saturated carbocycles. The second kappa shape index (κ2) is 11.3. The Balaban J connectivity index is 1.54. The van der Waals surface area contributed by atoms with E-state index in [4.69, 9.17) is 0 Å². The molecule has 0 aliphatic heterocycles. The van der Waals surface area contributed by atoms with Crippen LogP contribution in [0.2, 0.25) is 0 Å². The molecule has 1 amide bonds. The van der Waals surface area contributed by atoms with Crippen LogP contribution in [0.15, 0.2) is 72.8 Å².